The summed E-state index contributed by atoms with van der Waals surface area (Å²) in [7, 11) is -1.77. The lowest BCUT2D eigenvalue weighted by Gasteiger charge is -2.17. The minimum atomic E-state index is -4.78. The molecule has 0 saturated heterocycles. The van der Waals surface area contributed by atoms with E-state index in [1.165, 1.54) is 26.1 Å². The summed E-state index contributed by atoms with van der Waals surface area (Å²) in [5.41, 5.74) is -1.70. The maximum absolute atomic E-state index is 13.4. The van der Waals surface area contributed by atoms with Gasteiger partial charge in [0.1, 0.15) is 16.4 Å². The average Bonchev–Trinajstić information content (AvgIpc) is 3.16. The molecule has 0 aliphatic carbocycles. The lowest BCUT2D eigenvalue weighted by atomic mass is 10.1. The summed E-state index contributed by atoms with van der Waals surface area (Å²) in [4.78, 5) is 23.9. The van der Waals surface area contributed by atoms with Crippen LogP contribution in [0.25, 0.3) is 0 Å². The van der Waals surface area contributed by atoms with Crippen LogP contribution in [-0.4, -0.2) is 48.3 Å². The van der Waals surface area contributed by atoms with E-state index in [9.17, 15) is 36.3 Å². The lowest BCUT2D eigenvalue weighted by Crippen LogP contribution is -2.32. The summed E-state index contributed by atoms with van der Waals surface area (Å²) >= 11 is 0. The number of rotatable bonds is 10. The van der Waals surface area contributed by atoms with Gasteiger partial charge < -0.3 is 19.9 Å². The highest BCUT2D eigenvalue weighted by Crippen LogP contribution is 2.37. The normalized spacial score (nSPS) is 12.6. The van der Waals surface area contributed by atoms with Gasteiger partial charge in [-0.25, -0.2) is 22.6 Å². The molecule has 0 bridgehead atoms. The maximum atomic E-state index is 13.4. The number of carbonyl (C=O) groups is 2. The van der Waals surface area contributed by atoms with Gasteiger partial charge in [0, 0.05) is 29.9 Å². The number of aromatic nitrogens is 2. The Bertz CT molecular complexity index is 1550. The Morgan fingerprint density at radius 2 is 1.80 bits per heavy atom. The van der Waals surface area contributed by atoms with Crippen LogP contribution in [0.5, 0.6) is 17.4 Å². The van der Waals surface area contributed by atoms with E-state index >= 15 is 0 Å². The Morgan fingerprint density at radius 3 is 2.35 bits per heavy atom. The number of benzene rings is 2. The summed E-state index contributed by atoms with van der Waals surface area (Å²) in [6.07, 6.45) is -4.33. The number of nitrogens with zero attached hydrogens (tertiary/aromatic N) is 2. The SMILES string of the molecule is CCC(C)NS(=O)(=O)c1cc(NC(=O)c2ccc(OC)c(C(F)(F)F)c2)ccc1Oc1c(C)c(C(=O)O)nn1C. The fraction of sp³-hybridized carbons (Fsp3) is 0.320. The molecule has 3 aromatic rings. The molecule has 0 aliphatic rings. The van der Waals surface area contributed by atoms with Gasteiger partial charge in [0.05, 0.1) is 12.7 Å². The summed E-state index contributed by atoms with van der Waals surface area (Å²) in [6.45, 7) is 4.84. The van der Waals surface area contributed by atoms with Crippen LogP contribution in [0.2, 0.25) is 0 Å². The summed E-state index contributed by atoms with van der Waals surface area (Å²) < 4.78 is 80.9. The van der Waals surface area contributed by atoms with Gasteiger partial charge in [0.2, 0.25) is 15.9 Å². The zero-order chi connectivity index (χ0) is 30.0. The van der Waals surface area contributed by atoms with Crippen LogP contribution < -0.4 is 19.5 Å². The first kappa shape index (κ1) is 30.4. The molecule has 0 fully saturated rings. The Kier molecular flexibility index (Phi) is 8.79. The van der Waals surface area contributed by atoms with E-state index in [1.807, 2.05) is 0 Å². The van der Waals surface area contributed by atoms with Gasteiger partial charge in [-0.1, -0.05) is 6.92 Å². The predicted molar refractivity (Wildman–Crippen MR) is 137 cm³/mol. The van der Waals surface area contributed by atoms with E-state index < -0.39 is 50.3 Å². The van der Waals surface area contributed by atoms with Crippen molar-refractivity contribution in [1.29, 1.82) is 0 Å². The number of alkyl halides is 3. The monoisotopic (exact) mass is 584 g/mol. The third-order valence-corrected chi connectivity index (χ3v) is 7.47. The second kappa shape index (κ2) is 11.6. The van der Waals surface area contributed by atoms with Crippen molar-refractivity contribution in [3.63, 3.8) is 0 Å². The van der Waals surface area contributed by atoms with Gasteiger partial charge >= 0.3 is 12.1 Å². The fourth-order valence-electron chi connectivity index (χ4n) is 3.63. The van der Waals surface area contributed by atoms with Gasteiger partial charge in [-0.2, -0.15) is 18.3 Å². The predicted octanol–water partition coefficient (Wildman–Crippen LogP) is 4.58. The molecule has 2 aromatic carbocycles. The number of carboxylic acid groups (broad SMARTS) is 1. The van der Waals surface area contributed by atoms with E-state index in [4.69, 9.17) is 9.47 Å². The Morgan fingerprint density at radius 1 is 1.15 bits per heavy atom. The first-order valence-corrected chi connectivity index (χ1v) is 13.2. The zero-order valence-corrected chi connectivity index (χ0v) is 22.9. The number of anilines is 1. The lowest BCUT2D eigenvalue weighted by molar-refractivity contribution is -0.138. The van der Waals surface area contributed by atoms with Gasteiger partial charge in [-0.15, -0.1) is 0 Å². The molecule has 15 heteroatoms. The topological polar surface area (TPSA) is 149 Å². The van der Waals surface area contributed by atoms with Crippen molar-refractivity contribution >= 4 is 27.6 Å². The van der Waals surface area contributed by atoms with Crippen molar-refractivity contribution in [2.75, 3.05) is 12.4 Å². The number of hydrogen-bond donors (Lipinski definition) is 3. The highest BCUT2D eigenvalue weighted by Gasteiger charge is 2.35. The molecule has 216 valence electrons. The first-order chi connectivity index (χ1) is 18.6. The van der Waals surface area contributed by atoms with Crippen molar-refractivity contribution in [2.45, 2.75) is 44.3 Å². The second-order valence-electron chi connectivity index (χ2n) is 8.77. The van der Waals surface area contributed by atoms with Crippen molar-refractivity contribution in [1.82, 2.24) is 14.5 Å². The van der Waals surface area contributed by atoms with Crippen LogP contribution in [0.15, 0.2) is 41.3 Å². The van der Waals surface area contributed by atoms with E-state index in [2.05, 4.69) is 15.1 Å². The summed E-state index contributed by atoms with van der Waals surface area (Å²) in [5, 5.41) is 15.6. The van der Waals surface area contributed by atoms with Gasteiger partial charge in [0.25, 0.3) is 5.91 Å². The van der Waals surface area contributed by atoms with Crippen molar-refractivity contribution in [3.8, 4) is 17.4 Å². The van der Waals surface area contributed by atoms with E-state index in [0.717, 1.165) is 30.0 Å². The minimum Gasteiger partial charge on any atom is -0.496 e. The molecular formula is C25H27F3N4O7S. The van der Waals surface area contributed by atoms with Gasteiger partial charge in [0.15, 0.2) is 5.69 Å². The van der Waals surface area contributed by atoms with E-state index in [0.29, 0.717) is 12.5 Å². The Balaban J connectivity index is 2.04. The standard InChI is InChI=1S/C25H27F3N4O7S/c1-6-13(2)31-40(36,37)20-12-16(8-10-19(20)39-23-14(3)21(24(34)35)30-32(23)4)29-22(33)15-7-9-18(38-5)17(11-15)25(26,27)28/h7-13,31H,6H2,1-5H3,(H,29,33)(H,34,35). The minimum absolute atomic E-state index is 0.0351. The number of nitrogens with one attached hydrogen (secondary N) is 2. The molecule has 0 aliphatic heterocycles. The molecule has 1 amide bonds. The Hall–Kier alpha value is -4.11. The van der Waals surface area contributed by atoms with Crippen LogP contribution >= 0.6 is 0 Å². The number of carbonyl (C=O) groups excluding carboxylic acids is 1. The zero-order valence-electron chi connectivity index (χ0n) is 22.1. The highest BCUT2D eigenvalue weighted by molar-refractivity contribution is 7.89. The van der Waals surface area contributed by atoms with Crippen LogP contribution in [-0.2, 0) is 23.2 Å². The summed E-state index contributed by atoms with van der Waals surface area (Å²) in [5.74, 6) is -2.95. The molecule has 0 radical (unpaired) electrons. The fourth-order valence-corrected chi connectivity index (χ4v) is 5.11. The molecule has 1 atom stereocenters. The number of aromatic carboxylic acids is 1. The molecule has 3 N–H and O–H groups in total. The third-order valence-electron chi connectivity index (χ3n) is 5.86. The van der Waals surface area contributed by atoms with Crippen LogP contribution in [0, 0.1) is 6.92 Å². The molecule has 11 nitrogen and oxygen atoms in total. The second-order valence-corrected chi connectivity index (χ2v) is 10.5. The molecule has 0 saturated carbocycles. The Labute approximate surface area is 228 Å². The number of methoxy groups -OCH3 is 1. The van der Waals surface area contributed by atoms with Crippen molar-refractivity contribution in [2.24, 2.45) is 7.05 Å². The number of halogens is 3. The number of sulfonamides is 1. The number of ether oxygens (including phenoxy) is 2. The quantitative estimate of drug-likeness (QED) is 0.314. The van der Waals surface area contributed by atoms with Gasteiger partial charge in [-0.05, 0) is 56.7 Å². The molecule has 1 aromatic heterocycles. The third kappa shape index (κ3) is 6.54. The van der Waals surface area contributed by atoms with E-state index in [-0.39, 0.29) is 34.1 Å². The van der Waals surface area contributed by atoms with Crippen LogP contribution in [0.1, 0.15) is 52.2 Å². The van der Waals surface area contributed by atoms with Crippen LogP contribution in [0.3, 0.4) is 0 Å². The summed E-state index contributed by atoms with van der Waals surface area (Å²) in [6, 6.07) is 5.87. The molecule has 1 heterocycles. The number of hydrogen-bond acceptors (Lipinski definition) is 7. The molecule has 0 spiro atoms. The number of aryl methyl sites for hydroxylation is 1. The van der Waals surface area contributed by atoms with E-state index in [1.54, 1.807) is 13.8 Å². The highest BCUT2D eigenvalue weighted by atomic mass is 32.2. The molecular weight excluding hydrogens is 557 g/mol. The molecule has 40 heavy (non-hydrogen) atoms. The molecule has 1 unspecified atom stereocenters. The van der Waals surface area contributed by atoms with Crippen molar-refractivity contribution in [3.05, 3.63) is 58.8 Å². The maximum Gasteiger partial charge on any atom is 0.419 e. The van der Waals surface area contributed by atoms with Crippen LogP contribution in [0.4, 0.5) is 18.9 Å². The van der Waals surface area contributed by atoms with Gasteiger partial charge in [-0.3, -0.25) is 4.79 Å². The number of amides is 1. The average molecular weight is 585 g/mol. The first-order valence-electron chi connectivity index (χ1n) is 11.8. The molecule has 3 rings (SSSR count). The largest absolute Gasteiger partial charge is 0.496 e. The smallest absolute Gasteiger partial charge is 0.419 e. The number of carboxylic acids is 1. The van der Waals surface area contributed by atoms with Crippen molar-refractivity contribution < 1.29 is 45.8 Å².